The number of fused-ring (bicyclic) bond motifs is 9. The SMILES string of the molecule is CC1(C)c2ccccc2-c2cc3c(cc21)Oc1ccccc1-c1ccccc1/C=C\c1ccc(-c2nc(-c4ccccc4)cc(-c4cccnc4)n2)cc1-3. The van der Waals surface area contributed by atoms with Gasteiger partial charge in [0.05, 0.1) is 11.4 Å². The summed E-state index contributed by atoms with van der Waals surface area (Å²) in [5.41, 5.74) is 15.8. The summed E-state index contributed by atoms with van der Waals surface area (Å²) in [6, 6.07) is 53.1. The highest BCUT2D eigenvalue weighted by molar-refractivity contribution is 5.93. The molecule has 4 nitrogen and oxygen atoms in total. The van der Waals surface area contributed by atoms with E-state index in [-0.39, 0.29) is 5.41 Å². The lowest BCUT2D eigenvalue weighted by molar-refractivity contribution is 0.484. The molecule has 54 heavy (non-hydrogen) atoms. The van der Waals surface area contributed by atoms with Crippen LogP contribution in [0.2, 0.25) is 0 Å². The molecule has 0 amide bonds. The molecule has 0 bridgehead atoms. The lowest BCUT2D eigenvalue weighted by atomic mass is 9.81. The quantitative estimate of drug-likeness (QED) is 0.185. The predicted molar refractivity (Wildman–Crippen MR) is 220 cm³/mol. The van der Waals surface area contributed by atoms with Crippen molar-refractivity contribution in [1.82, 2.24) is 15.0 Å². The molecule has 10 rings (SSSR count). The van der Waals surface area contributed by atoms with Crippen LogP contribution in [0.4, 0.5) is 0 Å². The molecule has 0 fully saturated rings. The van der Waals surface area contributed by atoms with E-state index in [0.29, 0.717) is 5.82 Å². The van der Waals surface area contributed by atoms with Crippen LogP contribution in [0.15, 0.2) is 164 Å². The van der Waals surface area contributed by atoms with Crippen LogP contribution in [0.1, 0.15) is 36.1 Å². The van der Waals surface area contributed by atoms with Gasteiger partial charge in [0.25, 0.3) is 0 Å². The molecule has 0 atom stereocenters. The molecule has 8 aromatic rings. The van der Waals surface area contributed by atoms with Gasteiger partial charge in [-0.3, -0.25) is 4.98 Å². The minimum atomic E-state index is -0.193. The zero-order chi connectivity index (χ0) is 36.2. The van der Waals surface area contributed by atoms with Gasteiger partial charge in [0.1, 0.15) is 11.5 Å². The first-order valence-electron chi connectivity index (χ1n) is 18.3. The standard InChI is InChI=1S/C50H35N3O/c1-50(2)43-20-10-8-18-38(43)41-28-42-40-27-35(49-52-45(34-14-4-3-5-15-34)30-46(53-49)36-16-12-26-51-31-36)25-24-33(40)23-22-32-13-6-7-17-37(32)39-19-9-11-21-47(39)54-48(42)29-44(41)50/h3-31H,1-2H3/b23-22-. The van der Waals surface area contributed by atoms with Crippen LogP contribution in [-0.2, 0) is 5.41 Å². The van der Waals surface area contributed by atoms with Gasteiger partial charge in [-0.1, -0.05) is 135 Å². The zero-order valence-electron chi connectivity index (χ0n) is 30.0. The molecular weight excluding hydrogens is 659 g/mol. The third kappa shape index (κ3) is 5.34. The van der Waals surface area contributed by atoms with Crippen LogP contribution >= 0.6 is 0 Å². The summed E-state index contributed by atoms with van der Waals surface area (Å²) in [6.07, 6.45) is 8.08. The number of ether oxygens (including phenoxy) is 1. The minimum Gasteiger partial charge on any atom is -0.456 e. The molecule has 3 heterocycles. The average molecular weight is 694 g/mol. The summed E-state index contributed by atoms with van der Waals surface area (Å²) < 4.78 is 7.14. The van der Waals surface area contributed by atoms with Crippen LogP contribution < -0.4 is 4.74 Å². The lowest BCUT2D eigenvalue weighted by Gasteiger charge is -2.23. The second-order valence-corrected chi connectivity index (χ2v) is 14.5. The number of benzene rings is 6. The number of hydrogen-bond acceptors (Lipinski definition) is 4. The van der Waals surface area contributed by atoms with Crippen molar-refractivity contribution in [3.8, 4) is 78.8 Å². The molecule has 4 heteroatoms. The number of nitrogens with zero attached hydrogens (tertiary/aromatic N) is 3. The minimum absolute atomic E-state index is 0.193. The topological polar surface area (TPSA) is 47.9 Å². The Balaban J connectivity index is 1.24. The largest absolute Gasteiger partial charge is 0.456 e. The maximum absolute atomic E-state index is 7.14. The fourth-order valence-electron chi connectivity index (χ4n) is 8.06. The van der Waals surface area contributed by atoms with E-state index >= 15 is 0 Å². The van der Waals surface area contributed by atoms with E-state index in [2.05, 4.69) is 140 Å². The maximum atomic E-state index is 7.14. The molecule has 0 radical (unpaired) electrons. The number of aromatic nitrogens is 3. The summed E-state index contributed by atoms with van der Waals surface area (Å²) in [4.78, 5) is 14.7. The van der Waals surface area contributed by atoms with E-state index < -0.39 is 0 Å². The first-order chi connectivity index (χ1) is 26.5. The van der Waals surface area contributed by atoms with E-state index in [1.165, 1.54) is 22.3 Å². The van der Waals surface area contributed by atoms with Gasteiger partial charge in [0, 0.05) is 45.6 Å². The Bertz CT molecular complexity index is 2710. The molecular formula is C50H35N3O. The van der Waals surface area contributed by atoms with Gasteiger partial charge in [-0.25, -0.2) is 9.97 Å². The van der Waals surface area contributed by atoms with Crippen LogP contribution in [0.25, 0.3) is 79.4 Å². The van der Waals surface area contributed by atoms with Crippen molar-refractivity contribution in [1.29, 1.82) is 0 Å². The fourth-order valence-corrected chi connectivity index (χ4v) is 8.06. The number of rotatable bonds is 3. The number of hydrogen-bond donors (Lipinski definition) is 0. The van der Waals surface area contributed by atoms with Gasteiger partial charge in [0.2, 0.25) is 0 Å². The molecule has 0 N–H and O–H groups in total. The van der Waals surface area contributed by atoms with Crippen LogP contribution in [0.3, 0.4) is 0 Å². The van der Waals surface area contributed by atoms with Crippen LogP contribution in [0.5, 0.6) is 11.5 Å². The van der Waals surface area contributed by atoms with Crippen molar-refractivity contribution in [3.05, 3.63) is 186 Å². The molecule has 0 spiro atoms. The second-order valence-electron chi connectivity index (χ2n) is 14.5. The van der Waals surface area contributed by atoms with E-state index in [1.54, 1.807) is 6.20 Å². The van der Waals surface area contributed by atoms with Crippen molar-refractivity contribution in [2.45, 2.75) is 19.3 Å². The highest BCUT2D eigenvalue weighted by Crippen LogP contribution is 2.53. The van der Waals surface area contributed by atoms with E-state index in [9.17, 15) is 0 Å². The Hall–Kier alpha value is -6.91. The Morgan fingerprint density at radius 1 is 0.444 bits per heavy atom. The first-order valence-corrected chi connectivity index (χ1v) is 18.3. The second kappa shape index (κ2) is 12.6. The van der Waals surface area contributed by atoms with Gasteiger partial charge in [-0.05, 0) is 87.0 Å². The molecule has 256 valence electrons. The molecule has 0 unspecified atom stereocenters. The van der Waals surface area contributed by atoms with Crippen molar-refractivity contribution < 1.29 is 4.74 Å². The maximum Gasteiger partial charge on any atom is 0.160 e. The third-order valence-corrected chi connectivity index (χ3v) is 10.8. The summed E-state index contributed by atoms with van der Waals surface area (Å²) >= 11 is 0. The van der Waals surface area contributed by atoms with Crippen molar-refractivity contribution in [3.63, 3.8) is 0 Å². The van der Waals surface area contributed by atoms with Gasteiger partial charge < -0.3 is 4.74 Å². The van der Waals surface area contributed by atoms with Crippen LogP contribution in [0, 0.1) is 0 Å². The molecule has 1 aliphatic carbocycles. The van der Waals surface area contributed by atoms with E-state index in [0.717, 1.165) is 73.0 Å². The van der Waals surface area contributed by atoms with Gasteiger partial charge >= 0.3 is 0 Å². The van der Waals surface area contributed by atoms with E-state index in [4.69, 9.17) is 14.7 Å². The summed E-state index contributed by atoms with van der Waals surface area (Å²) in [6.45, 7) is 4.62. The summed E-state index contributed by atoms with van der Waals surface area (Å²) in [7, 11) is 0. The fraction of sp³-hybridized carbons (Fsp3) is 0.0600. The summed E-state index contributed by atoms with van der Waals surface area (Å²) in [5, 5.41) is 0. The number of para-hydroxylation sites is 1. The van der Waals surface area contributed by atoms with Gasteiger partial charge in [-0.15, -0.1) is 0 Å². The highest BCUT2D eigenvalue weighted by Gasteiger charge is 2.37. The predicted octanol–water partition coefficient (Wildman–Crippen LogP) is 12.8. The highest BCUT2D eigenvalue weighted by atomic mass is 16.5. The Morgan fingerprint density at radius 2 is 1.13 bits per heavy atom. The van der Waals surface area contributed by atoms with Crippen LogP contribution in [-0.4, -0.2) is 15.0 Å². The van der Waals surface area contributed by atoms with Crippen molar-refractivity contribution in [2.24, 2.45) is 0 Å². The van der Waals surface area contributed by atoms with Gasteiger partial charge in [0.15, 0.2) is 5.82 Å². The zero-order valence-corrected chi connectivity index (χ0v) is 30.0. The molecule has 1 aliphatic heterocycles. The first kappa shape index (κ1) is 31.8. The Labute approximate surface area is 315 Å². The van der Waals surface area contributed by atoms with E-state index in [1.807, 2.05) is 48.7 Å². The average Bonchev–Trinajstić information content (AvgIpc) is 3.44. The van der Waals surface area contributed by atoms with Crippen molar-refractivity contribution in [2.75, 3.05) is 0 Å². The smallest absolute Gasteiger partial charge is 0.160 e. The molecule has 2 aliphatic rings. The van der Waals surface area contributed by atoms with Crippen molar-refractivity contribution >= 4 is 12.2 Å². The molecule has 0 saturated heterocycles. The molecule has 0 saturated carbocycles. The Kier molecular flexibility index (Phi) is 7.44. The van der Waals surface area contributed by atoms with Gasteiger partial charge in [-0.2, -0.15) is 0 Å². The number of pyridine rings is 1. The lowest BCUT2D eigenvalue weighted by Crippen LogP contribution is -2.15. The third-order valence-electron chi connectivity index (χ3n) is 10.8. The normalized spacial score (nSPS) is 13.8. The Morgan fingerprint density at radius 3 is 1.94 bits per heavy atom. The summed E-state index contributed by atoms with van der Waals surface area (Å²) in [5.74, 6) is 2.26. The molecule has 2 aromatic heterocycles. The molecule has 6 aromatic carbocycles. The monoisotopic (exact) mass is 693 g/mol.